The monoisotopic (exact) mass is 265 g/mol. The van der Waals surface area contributed by atoms with Gasteiger partial charge in [0.2, 0.25) is 5.13 Å². The van der Waals surface area contributed by atoms with Gasteiger partial charge < -0.3 is 0 Å². The summed E-state index contributed by atoms with van der Waals surface area (Å²) in [7, 11) is 0. The Hall–Kier alpha value is -1.76. The van der Waals surface area contributed by atoms with E-state index in [4.69, 9.17) is 0 Å². The molecule has 0 aliphatic rings. The van der Waals surface area contributed by atoms with Crippen LogP contribution in [-0.2, 0) is 6.42 Å². The Kier molecular flexibility index (Phi) is 3.71. The summed E-state index contributed by atoms with van der Waals surface area (Å²) in [6.07, 6.45) is 2.60. The average molecular weight is 265 g/mol. The van der Waals surface area contributed by atoms with Gasteiger partial charge in [0.15, 0.2) is 5.69 Å². The molecule has 0 saturated heterocycles. The first-order valence-corrected chi connectivity index (χ1v) is 6.60. The lowest BCUT2D eigenvalue weighted by molar-refractivity contribution is 0.102. The molecule has 96 valence electrons. The van der Waals surface area contributed by atoms with Gasteiger partial charge in [-0.1, -0.05) is 18.3 Å². The highest BCUT2D eigenvalue weighted by Crippen LogP contribution is 2.16. The lowest BCUT2D eigenvalue weighted by Crippen LogP contribution is -2.13. The molecule has 0 unspecified atom stereocenters. The number of carbonyl (C=O) groups excluding carboxylic acids is 1. The van der Waals surface area contributed by atoms with Crippen molar-refractivity contribution in [1.82, 2.24) is 20.0 Å². The standard InChI is InChI=1S/C11H15N5OS/c1-4-9-13-14-11(18-9)12-10(17)8-5-6-16(15-8)7(2)3/h5-7H,4H2,1-3H3,(H,12,14,17). The van der Waals surface area contributed by atoms with E-state index in [0.29, 0.717) is 10.8 Å². The first-order valence-electron chi connectivity index (χ1n) is 5.79. The van der Waals surface area contributed by atoms with Crippen LogP contribution in [0, 0.1) is 0 Å². The molecule has 1 amide bonds. The molecular formula is C11H15N5OS. The minimum Gasteiger partial charge on any atom is -0.295 e. The van der Waals surface area contributed by atoms with Gasteiger partial charge in [-0.25, -0.2) is 0 Å². The number of amides is 1. The fraction of sp³-hybridized carbons (Fsp3) is 0.455. The molecule has 2 rings (SSSR count). The Morgan fingerprint density at radius 1 is 1.50 bits per heavy atom. The minimum absolute atomic E-state index is 0.236. The van der Waals surface area contributed by atoms with E-state index in [2.05, 4.69) is 20.6 Å². The third kappa shape index (κ3) is 2.73. The molecule has 6 nitrogen and oxygen atoms in total. The van der Waals surface area contributed by atoms with E-state index in [-0.39, 0.29) is 11.9 Å². The van der Waals surface area contributed by atoms with Crippen LogP contribution in [0.15, 0.2) is 12.3 Å². The number of hydrogen-bond acceptors (Lipinski definition) is 5. The maximum Gasteiger partial charge on any atom is 0.277 e. The van der Waals surface area contributed by atoms with Gasteiger partial charge in [-0.05, 0) is 26.3 Å². The van der Waals surface area contributed by atoms with Crippen molar-refractivity contribution in [1.29, 1.82) is 0 Å². The number of aromatic nitrogens is 4. The number of nitrogens with one attached hydrogen (secondary N) is 1. The summed E-state index contributed by atoms with van der Waals surface area (Å²) in [5.74, 6) is -0.256. The zero-order valence-corrected chi connectivity index (χ0v) is 11.4. The van der Waals surface area contributed by atoms with Gasteiger partial charge in [-0.15, -0.1) is 10.2 Å². The van der Waals surface area contributed by atoms with Gasteiger partial charge >= 0.3 is 0 Å². The summed E-state index contributed by atoms with van der Waals surface area (Å²) in [5.41, 5.74) is 0.386. The highest BCUT2D eigenvalue weighted by Gasteiger charge is 2.13. The second kappa shape index (κ2) is 5.26. The molecule has 0 aromatic carbocycles. The molecule has 2 aromatic heterocycles. The van der Waals surface area contributed by atoms with E-state index in [9.17, 15) is 4.79 Å². The summed E-state index contributed by atoms with van der Waals surface area (Å²) in [6.45, 7) is 6.01. The maximum atomic E-state index is 11.9. The van der Waals surface area contributed by atoms with Gasteiger partial charge in [0.25, 0.3) is 5.91 Å². The Morgan fingerprint density at radius 2 is 2.28 bits per heavy atom. The first-order chi connectivity index (χ1) is 8.60. The average Bonchev–Trinajstić information content (AvgIpc) is 2.97. The van der Waals surface area contributed by atoms with Gasteiger partial charge in [0.05, 0.1) is 0 Å². The van der Waals surface area contributed by atoms with Crippen molar-refractivity contribution in [2.45, 2.75) is 33.2 Å². The highest BCUT2D eigenvalue weighted by atomic mass is 32.1. The van der Waals surface area contributed by atoms with Crippen molar-refractivity contribution in [3.8, 4) is 0 Å². The molecule has 18 heavy (non-hydrogen) atoms. The van der Waals surface area contributed by atoms with E-state index in [1.165, 1.54) is 11.3 Å². The van der Waals surface area contributed by atoms with E-state index < -0.39 is 0 Å². The molecule has 0 aliphatic carbocycles. The number of hydrogen-bond donors (Lipinski definition) is 1. The maximum absolute atomic E-state index is 11.9. The van der Waals surface area contributed by atoms with Crippen LogP contribution >= 0.6 is 11.3 Å². The highest BCUT2D eigenvalue weighted by molar-refractivity contribution is 7.15. The lowest BCUT2D eigenvalue weighted by Gasteiger charge is -2.03. The van der Waals surface area contributed by atoms with Gasteiger partial charge in [-0.3, -0.25) is 14.8 Å². The molecule has 1 N–H and O–H groups in total. The summed E-state index contributed by atoms with van der Waals surface area (Å²) in [5, 5.41) is 16.1. The van der Waals surface area contributed by atoms with Crippen LogP contribution in [0.5, 0.6) is 0 Å². The molecule has 0 saturated carbocycles. The molecule has 0 bridgehead atoms. The Balaban J connectivity index is 2.06. The van der Waals surface area contributed by atoms with Crippen molar-refractivity contribution >= 4 is 22.4 Å². The van der Waals surface area contributed by atoms with Crippen molar-refractivity contribution in [2.75, 3.05) is 5.32 Å². The minimum atomic E-state index is -0.256. The van der Waals surface area contributed by atoms with E-state index in [1.807, 2.05) is 20.8 Å². The molecule has 0 spiro atoms. The van der Waals surface area contributed by atoms with E-state index in [1.54, 1.807) is 16.9 Å². The first kappa shape index (κ1) is 12.7. The largest absolute Gasteiger partial charge is 0.295 e. The number of aryl methyl sites for hydroxylation is 1. The smallest absolute Gasteiger partial charge is 0.277 e. The van der Waals surface area contributed by atoms with Crippen LogP contribution in [0.1, 0.15) is 42.3 Å². The van der Waals surface area contributed by atoms with Crippen molar-refractivity contribution < 1.29 is 4.79 Å². The number of carbonyl (C=O) groups is 1. The summed E-state index contributed by atoms with van der Waals surface area (Å²) in [6, 6.07) is 1.93. The van der Waals surface area contributed by atoms with Gasteiger partial charge in [-0.2, -0.15) is 5.10 Å². The predicted octanol–water partition coefficient (Wildman–Crippen LogP) is 2.13. The molecule has 0 atom stereocenters. The number of rotatable bonds is 4. The normalized spacial score (nSPS) is 10.9. The summed E-state index contributed by atoms with van der Waals surface area (Å²) in [4.78, 5) is 11.9. The second-order valence-corrected chi connectivity index (χ2v) is 5.15. The van der Waals surface area contributed by atoms with Crippen LogP contribution in [0.25, 0.3) is 0 Å². The summed E-state index contributed by atoms with van der Waals surface area (Å²) >= 11 is 1.38. The van der Waals surface area contributed by atoms with Crippen molar-refractivity contribution in [3.63, 3.8) is 0 Å². The molecule has 2 aromatic rings. The van der Waals surface area contributed by atoms with E-state index in [0.717, 1.165) is 11.4 Å². The topological polar surface area (TPSA) is 72.7 Å². The fourth-order valence-corrected chi connectivity index (χ4v) is 2.03. The SMILES string of the molecule is CCc1nnc(NC(=O)c2ccn(C(C)C)n2)s1. The Labute approximate surface area is 109 Å². The molecule has 2 heterocycles. The third-order valence-electron chi connectivity index (χ3n) is 2.36. The van der Waals surface area contributed by atoms with Gasteiger partial charge in [0.1, 0.15) is 5.01 Å². The quantitative estimate of drug-likeness (QED) is 0.919. The van der Waals surface area contributed by atoms with Crippen LogP contribution in [-0.4, -0.2) is 25.9 Å². The number of nitrogens with zero attached hydrogens (tertiary/aromatic N) is 4. The molecule has 0 aliphatic heterocycles. The Bertz CT molecular complexity index is 545. The molecular weight excluding hydrogens is 250 g/mol. The van der Waals surface area contributed by atoms with Gasteiger partial charge in [0, 0.05) is 12.2 Å². The zero-order valence-electron chi connectivity index (χ0n) is 10.5. The zero-order chi connectivity index (χ0) is 13.1. The lowest BCUT2D eigenvalue weighted by atomic mass is 10.4. The second-order valence-electron chi connectivity index (χ2n) is 4.08. The van der Waals surface area contributed by atoms with Crippen LogP contribution < -0.4 is 5.32 Å². The molecule has 0 radical (unpaired) electrons. The molecule has 7 heteroatoms. The Morgan fingerprint density at radius 3 is 2.83 bits per heavy atom. The van der Waals surface area contributed by atoms with E-state index >= 15 is 0 Å². The molecule has 0 fully saturated rings. The van der Waals surface area contributed by atoms with Crippen LogP contribution in [0.3, 0.4) is 0 Å². The fourth-order valence-electron chi connectivity index (χ4n) is 1.35. The van der Waals surface area contributed by atoms with Crippen LogP contribution in [0.2, 0.25) is 0 Å². The van der Waals surface area contributed by atoms with Crippen molar-refractivity contribution in [3.05, 3.63) is 23.0 Å². The number of anilines is 1. The third-order valence-corrected chi connectivity index (χ3v) is 3.34. The van der Waals surface area contributed by atoms with Crippen LogP contribution in [0.4, 0.5) is 5.13 Å². The van der Waals surface area contributed by atoms with Crippen molar-refractivity contribution in [2.24, 2.45) is 0 Å². The predicted molar refractivity (Wildman–Crippen MR) is 69.9 cm³/mol. The summed E-state index contributed by atoms with van der Waals surface area (Å²) < 4.78 is 1.74.